The Balaban J connectivity index is 2.04. The van der Waals surface area contributed by atoms with Gasteiger partial charge >= 0.3 is 0 Å². The number of fused-ring (bicyclic) bond motifs is 1. The summed E-state index contributed by atoms with van der Waals surface area (Å²) < 4.78 is 0. The van der Waals surface area contributed by atoms with Crippen molar-refractivity contribution in [1.29, 1.82) is 0 Å². The van der Waals surface area contributed by atoms with Crippen LogP contribution in [0.25, 0.3) is 10.5 Å². The van der Waals surface area contributed by atoms with Gasteiger partial charge in [0.1, 0.15) is 0 Å². The Morgan fingerprint density at radius 3 is 2.71 bits per heavy atom. The zero-order chi connectivity index (χ0) is 12.3. The minimum Gasteiger partial charge on any atom is -0.330 e. The Hall–Kier alpha value is -1.07. The van der Waals surface area contributed by atoms with E-state index in [0.29, 0.717) is 0 Å². The molecule has 2 heterocycles. The van der Waals surface area contributed by atoms with E-state index in [1.54, 1.807) is 23.7 Å². The molecule has 0 saturated carbocycles. The highest BCUT2D eigenvalue weighted by Crippen LogP contribution is 2.28. The molecule has 4 nitrogen and oxygen atoms in total. The average molecular weight is 250 g/mol. The van der Waals surface area contributed by atoms with E-state index < -0.39 is 0 Å². The van der Waals surface area contributed by atoms with E-state index in [2.05, 4.69) is 28.8 Å². The predicted octanol–water partition coefficient (Wildman–Crippen LogP) is 2.39. The van der Waals surface area contributed by atoms with Crippen LogP contribution >= 0.6 is 11.3 Å². The fraction of sp³-hybridized carbons (Fsp3) is 0.583. The largest absolute Gasteiger partial charge is 0.330 e. The molecule has 2 aromatic rings. The molecule has 0 spiro atoms. The van der Waals surface area contributed by atoms with Gasteiger partial charge in [-0.25, -0.2) is 15.0 Å². The molecule has 0 amide bonds. The Bertz CT molecular complexity index is 459. The highest BCUT2D eigenvalue weighted by Gasteiger charge is 2.17. The van der Waals surface area contributed by atoms with Crippen LogP contribution in [0.5, 0.6) is 0 Å². The van der Waals surface area contributed by atoms with Gasteiger partial charge in [-0.2, -0.15) is 0 Å². The Morgan fingerprint density at radius 2 is 2.00 bits per heavy atom. The number of hydrogen-bond acceptors (Lipinski definition) is 5. The van der Waals surface area contributed by atoms with Gasteiger partial charge in [0.15, 0.2) is 10.5 Å². The number of hydrogen-bond donors (Lipinski definition) is 1. The van der Waals surface area contributed by atoms with Crippen molar-refractivity contribution in [3.63, 3.8) is 0 Å². The van der Waals surface area contributed by atoms with E-state index in [0.717, 1.165) is 41.3 Å². The molecule has 5 heteroatoms. The lowest BCUT2D eigenvalue weighted by atomic mass is 9.84. The van der Waals surface area contributed by atoms with E-state index in [-0.39, 0.29) is 5.41 Å². The summed E-state index contributed by atoms with van der Waals surface area (Å²) in [4.78, 5) is 13.9. The molecule has 0 saturated heterocycles. The summed E-state index contributed by atoms with van der Waals surface area (Å²) >= 11 is 1.64. The second-order valence-corrected chi connectivity index (χ2v) is 6.06. The maximum absolute atomic E-state index is 5.61. The number of nitrogens with two attached hydrogens (primary N) is 1. The molecular formula is C12H18N4S. The van der Waals surface area contributed by atoms with Crippen LogP contribution in [0.4, 0.5) is 0 Å². The van der Waals surface area contributed by atoms with Crippen LogP contribution in [0, 0.1) is 5.41 Å². The standard InChI is InChI=1S/C12H18N4S/c1-12(2,5-6-13)4-3-9-16-10-11(17-9)15-8-7-14-10/h7-8H,3-6,13H2,1-2H3. The summed E-state index contributed by atoms with van der Waals surface area (Å²) in [6, 6.07) is 0. The molecule has 0 unspecified atom stereocenters. The molecule has 0 aliphatic rings. The number of aromatic nitrogens is 3. The fourth-order valence-electron chi connectivity index (χ4n) is 1.79. The molecule has 0 aliphatic heterocycles. The maximum Gasteiger partial charge on any atom is 0.189 e. The lowest BCUT2D eigenvalue weighted by Crippen LogP contribution is -2.17. The maximum atomic E-state index is 5.61. The molecule has 0 bridgehead atoms. The van der Waals surface area contributed by atoms with E-state index in [9.17, 15) is 0 Å². The summed E-state index contributed by atoms with van der Waals surface area (Å²) in [6.07, 6.45) is 6.53. The van der Waals surface area contributed by atoms with E-state index in [1.165, 1.54) is 0 Å². The molecular weight excluding hydrogens is 232 g/mol. The molecule has 0 aromatic carbocycles. The zero-order valence-corrected chi connectivity index (χ0v) is 11.1. The van der Waals surface area contributed by atoms with Gasteiger partial charge < -0.3 is 5.73 Å². The van der Waals surface area contributed by atoms with Gasteiger partial charge in [0.25, 0.3) is 0 Å². The van der Waals surface area contributed by atoms with Gasteiger partial charge in [-0.05, 0) is 31.2 Å². The minimum absolute atomic E-state index is 0.285. The second kappa shape index (κ2) is 5.06. The highest BCUT2D eigenvalue weighted by atomic mass is 32.1. The van der Waals surface area contributed by atoms with Crippen LogP contribution in [-0.2, 0) is 6.42 Å². The molecule has 0 fully saturated rings. The molecule has 0 atom stereocenters. The van der Waals surface area contributed by atoms with Crippen LogP contribution in [0.15, 0.2) is 12.4 Å². The van der Waals surface area contributed by atoms with Crippen molar-refractivity contribution in [3.05, 3.63) is 17.4 Å². The van der Waals surface area contributed by atoms with Crippen LogP contribution in [0.2, 0.25) is 0 Å². The second-order valence-electron chi connectivity index (χ2n) is 5.00. The molecule has 92 valence electrons. The summed E-state index contributed by atoms with van der Waals surface area (Å²) in [6.45, 7) is 5.25. The Morgan fingerprint density at radius 1 is 1.24 bits per heavy atom. The molecule has 0 radical (unpaired) electrons. The van der Waals surface area contributed by atoms with Crippen molar-refractivity contribution in [2.75, 3.05) is 6.54 Å². The molecule has 2 rings (SSSR count). The van der Waals surface area contributed by atoms with E-state index >= 15 is 0 Å². The first kappa shape index (κ1) is 12.4. The summed E-state index contributed by atoms with van der Waals surface area (Å²) in [7, 11) is 0. The zero-order valence-electron chi connectivity index (χ0n) is 10.3. The van der Waals surface area contributed by atoms with E-state index in [4.69, 9.17) is 5.73 Å². The van der Waals surface area contributed by atoms with Crippen molar-refractivity contribution in [2.24, 2.45) is 11.1 Å². The number of thiazole rings is 1. The highest BCUT2D eigenvalue weighted by molar-refractivity contribution is 7.18. The lowest BCUT2D eigenvalue weighted by molar-refractivity contribution is 0.313. The van der Waals surface area contributed by atoms with Crippen molar-refractivity contribution >= 4 is 21.8 Å². The number of rotatable bonds is 5. The molecule has 2 aromatic heterocycles. The molecule has 2 N–H and O–H groups in total. The Kier molecular flexibility index (Phi) is 3.69. The number of aryl methyl sites for hydroxylation is 1. The molecule has 17 heavy (non-hydrogen) atoms. The fourth-order valence-corrected chi connectivity index (χ4v) is 2.65. The summed E-state index contributed by atoms with van der Waals surface area (Å²) in [5.74, 6) is 0. The quantitative estimate of drug-likeness (QED) is 0.885. The SMILES string of the molecule is CC(C)(CCN)CCc1nc2nccnc2s1. The third kappa shape index (κ3) is 3.20. The van der Waals surface area contributed by atoms with Crippen molar-refractivity contribution in [1.82, 2.24) is 15.0 Å². The van der Waals surface area contributed by atoms with Crippen LogP contribution in [-0.4, -0.2) is 21.5 Å². The van der Waals surface area contributed by atoms with Crippen LogP contribution in [0.1, 0.15) is 31.7 Å². The third-order valence-corrected chi connectivity index (χ3v) is 3.94. The first-order valence-electron chi connectivity index (χ1n) is 5.87. The van der Waals surface area contributed by atoms with Gasteiger partial charge in [-0.3, -0.25) is 0 Å². The first-order valence-corrected chi connectivity index (χ1v) is 6.69. The van der Waals surface area contributed by atoms with Gasteiger partial charge in [0, 0.05) is 12.4 Å². The first-order chi connectivity index (χ1) is 8.11. The summed E-state index contributed by atoms with van der Waals surface area (Å²) in [5, 5.41) is 1.12. The summed E-state index contributed by atoms with van der Waals surface area (Å²) in [5.41, 5.74) is 6.66. The normalized spacial score (nSPS) is 12.2. The van der Waals surface area contributed by atoms with Crippen molar-refractivity contribution in [3.8, 4) is 0 Å². The molecule has 0 aliphatic carbocycles. The van der Waals surface area contributed by atoms with Crippen molar-refractivity contribution < 1.29 is 0 Å². The monoisotopic (exact) mass is 250 g/mol. The van der Waals surface area contributed by atoms with Gasteiger partial charge in [0.05, 0.1) is 5.01 Å². The minimum atomic E-state index is 0.285. The Labute approximate surface area is 105 Å². The topological polar surface area (TPSA) is 64.7 Å². The van der Waals surface area contributed by atoms with Gasteiger partial charge in [-0.1, -0.05) is 25.2 Å². The van der Waals surface area contributed by atoms with E-state index in [1.807, 2.05) is 0 Å². The third-order valence-electron chi connectivity index (χ3n) is 2.93. The predicted molar refractivity (Wildman–Crippen MR) is 71.0 cm³/mol. The smallest absolute Gasteiger partial charge is 0.189 e. The average Bonchev–Trinajstić information content (AvgIpc) is 2.69. The van der Waals surface area contributed by atoms with Crippen molar-refractivity contribution in [2.45, 2.75) is 33.1 Å². The lowest BCUT2D eigenvalue weighted by Gasteiger charge is -2.22. The van der Waals surface area contributed by atoms with Crippen LogP contribution < -0.4 is 5.73 Å². The number of nitrogens with zero attached hydrogens (tertiary/aromatic N) is 3. The van der Waals surface area contributed by atoms with Gasteiger partial charge in [0.2, 0.25) is 0 Å². The van der Waals surface area contributed by atoms with Crippen LogP contribution in [0.3, 0.4) is 0 Å². The van der Waals surface area contributed by atoms with Gasteiger partial charge in [-0.15, -0.1) is 0 Å².